The second-order valence-electron chi connectivity index (χ2n) is 14.2. The van der Waals surface area contributed by atoms with Crippen LogP contribution in [0.25, 0.3) is 22.2 Å². The highest BCUT2D eigenvalue weighted by Gasteiger charge is 2.38. The largest absolute Gasteiger partial charge is 0.417 e. The highest BCUT2D eigenvalue weighted by Crippen LogP contribution is 2.37. The number of hydrogen-bond acceptors (Lipinski definition) is 8. The van der Waals surface area contributed by atoms with E-state index in [0.717, 1.165) is 58.8 Å². The lowest BCUT2D eigenvalue weighted by atomic mass is 9.99. The topological polar surface area (TPSA) is 161 Å². The molecule has 1 atom stereocenters. The number of aryl methyl sites for hydroxylation is 2. The number of hydrogen-bond donors (Lipinski definition) is 4. The molecule has 1 amide bonds. The number of aromatic nitrogens is 1. The molecule has 1 heterocycles. The van der Waals surface area contributed by atoms with Crippen LogP contribution >= 0.6 is 0 Å². The van der Waals surface area contributed by atoms with E-state index in [0.29, 0.717) is 69.1 Å². The van der Waals surface area contributed by atoms with Crippen molar-refractivity contribution in [1.82, 2.24) is 10.3 Å². The number of nitrogens with one attached hydrogen (secondary N) is 3. The predicted octanol–water partition coefficient (Wildman–Crippen LogP) is 7.29. The van der Waals surface area contributed by atoms with E-state index in [1.807, 2.05) is 24.3 Å². The molecule has 10 nitrogen and oxygen atoms in total. The Morgan fingerprint density at radius 1 is 0.982 bits per heavy atom. The smallest absolute Gasteiger partial charge is 0.380 e. The molecule has 298 valence electrons. The Morgan fingerprint density at radius 3 is 2.40 bits per heavy atom. The Labute approximate surface area is 326 Å². The first kappa shape index (κ1) is 41.2. The van der Waals surface area contributed by atoms with E-state index < -0.39 is 50.2 Å². The molecule has 0 radical (unpaired) electrons. The van der Waals surface area contributed by atoms with Gasteiger partial charge in [-0.3, -0.25) is 9.59 Å². The van der Waals surface area contributed by atoms with Crippen molar-refractivity contribution in [1.29, 1.82) is 5.26 Å². The van der Waals surface area contributed by atoms with Crippen LogP contribution < -0.4 is 10.6 Å². The number of aromatic amines is 1. The molecule has 0 saturated heterocycles. The fourth-order valence-corrected chi connectivity index (χ4v) is 8.48. The van der Waals surface area contributed by atoms with E-state index >= 15 is 0 Å². The van der Waals surface area contributed by atoms with Gasteiger partial charge in [0.15, 0.2) is 21.2 Å². The van der Waals surface area contributed by atoms with Crippen molar-refractivity contribution in [3.63, 3.8) is 0 Å². The van der Waals surface area contributed by atoms with Gasteiger partial charge < -0.3 is 25.5 Å². The van der Waals surface area contributed by atoms with E-state index in [-0.39, 0.29) is 16.4 Å². The molecule has 4 N–H and O–H groups in total. The molecule has 0 bridgehead atoms. The van der Waals surface area contributed by atoms with E-state index in [1.54, 1.807) is 12.1 Å². The van der Waals surface area contributed by atoms with Crippen molar-refractivity contribution < 1.29 is 45.4 Å². The van der Waals surface area contributed by atoms with Crippen LogP contribution in [0.15, 0.2) is 83.8 Å². The number of nitrogens with zero attached hydrogens (tertiary/aromatic N) is 1. The quantitative estimate of drug-likeness (QED) is 0.0634. The molecule has 1 aromatic heterocycles. The summed E-state index contributed by atoms with van der Waals surface area (Å²) in [6, 6.07) is 20.7. The summed E-state index contributed by atoms with van der Waals surface area (Å²) in [4.78, 5) is 28.5. The number of Topliss-reactive ketones (excluding diaryl/α,β-unsaturated/α-hetero) is 1. The summed E-state index contributed by atoms with van der Waals surface area (Å²) in [6.07, 6.45) is -1.74. The lowest BCUT2D eigenvalue weighted by Gasteiger charge is -2.22. The van der Waals surface area contributed by atoms with Gasteiger partial charge in [0.1, 0.15) is 5.82 Å². The number of benzene rings is 4. The fraction of sp³-hybridized carbons (Fsp3) is 0.310. The highest BCUT2D eigenvalue weighted by molar-refractivity contribution is 7.91. The van der Waals surface area contributed by atoms with Gasteiger partial charge in [0.05, 0.1) is 34.5 Å². The standard InChI is InChI=1S/C42H40F4N4O6S/c1-41(53,40(52)49-31-14-13-29(23-47)35(22-31)42(44,45)46)25-57(54,55)32-15-9-26(10-16-32)4-3-18-56-19-17-48-24-27-7-11-28(12-8-27)39-33-5-2-6-37(51)34-20-30(43)21-36(50-39)38(33)34/h7-16,20-22,48,50,53H,2-6,17-19,24-25H2,1H3,(H,49,52)/t41-/m0/s1. The molecule has 5 aromatic rings. The number of anilines is 1. The van der Waals surface area contributed by atoms with E-state index in [1.165, 1.54) is 30.3 Å². The first-order valence-corrected chi connectivity index (χ1v) is 19.9. The Balaban J connectivity index is 0.914. The van der Waals surface area contributed by atoms with E-state index in [9.17, 15) is 40.7 Å². The molecule has 1 aliphatic carbocycles. The van der Waals surface area contributed by atoms with Crippen molar-refractivity contribution in [3.05, 3.63) is 118 Å². The van der Waals surface area contributed by atoms with Gasteiger partial charge in [-0.25, -0.2) is 12.8 Å². The maximum absolute atomic E-state index is 14.3. The maximum Gasteiger partial charge on any atom is 0.417 e. The normalized spacial score (nSPS) is 14.2. The number of carbonyl (C=O) groups is 2. The number of nitriles is 1. The first-order chi connectivity index (χ1) is 27.1. The SMILES string of the molecule is C[C@](O)(CS(=O)(=O)c1ccc(CCCOCCNCc2ccc(-c3[nH]c4cc(F)cc5c4c3CCCC5=O)cc2)cc1)C(=O)Nc1ccc(C#N)c(C(F)(F)F)c1. The molecular formula is C42H40F4N4O6S. The minimum atomic E-state index is -4.87. The highest BCUT2D eigenvalue weighted by atomic mass is 32.2. The van der Waals surface area contributed by atoms with Gasteiger partial charge in [-0.1, -0.05) is 36.4 Å². The molecule has 0 aliphatic heterocycles. The minimum absolute atomic E-state index is 0.0309. The van der Waals surface area contributed by atoms with Gasteiger partial charge in [0.25, 0.3) is 5.91 Å². The molecule has 0 unspecified atom stereocenters. The maximum atomic E-state index is 14.3. The molecule has 6 rings (SSSR count). The van der Waals surface area contributed by atoms with Gasteiger partial charge in [-0.2, -0.15) is 18.4 Å². The third kappa shape index (κ3) is 9.77. The third-order valence-corrected chi connectivity index (χ3v) is 11.7. The van der Waals surface area contributed by atoms with Crippen molar-refractivity contribution in [2.45, 2.75) is 62.2 Å². The Bertz CT molecular complexity index is 2440. The van der Waals surface area contributed by atoms with Crippen LogP contribution in [0.4, 0.5) is 23.2 Å². The van der Waals surface area contributed by atoms with E-state index in [2.05, 4.69) is 15.6 Å². The molecule has 4 aromatic carbocycles. The average Bonchev–Trinajstić information content (AvgIpc) is 3.43. The zero-order valence-corrected chi connectivity index (χ0v) is 31.7. The molecule has 0 fully saturated rings. The van der Waals surface area contributed by atoms with Gasteiger partial charge in [-0.15, -0.1) is 0 Å². The zero-order chi connectivity index (χ0) is 41.0. The Morgan fingerprint density at radius 2 is 1.70 bits per heavy atom. The molecule has 15 heteroatoms. The number of aliphatic hydroxyl groups is 1. The van der Waals surface area contributed by atoms with Crippen LogP contribution in [0, 0.1) is 17.1 Å². The Hall–Kier alpha value is -5.40. The van der Waals surface area contributed by atoms with Gasteiger partial charge in [-0.05, 0) is 97.3 Å². The number of sulfone groups is 1. The van der Waals surface area contributed by atoms with Gasteiger partial charge in [0, 0.05) is 54.0 Å². The number of amides is 1. The second-order valence-corrected chi connectivity index (χ2v) is 16.2. The van der Waals surface area contributed by atoms with Gasteiger partial charge >= 0.3 is 6.18 Å². The minimum Gasteiger partial charge on any atom is -0.380 e. The summed E-state index contributed by atoms with van der Waals surface area (Å²) in [5.74, 6) is -2.72. The molecule has 57 heavy (non-hydrogen) atoms. The van der Waals surface area contributed by atoms with Crippen LogP contribution in [-0.4, -0.2) is 61.3 Å². The summed E-state index contributed by atoms with van der Waals surface area (Å²) in [7, 11) is -4.19. The number of halogens is 4. The number of alkyl halides is 3. The summed E-state index contributed by atoms with van der Waals surface area (Å²) >= 11 is 0. The second kappa shape index (κ2) is 17.0. The van der Waals surface area contributed by atoms with Crippen molar-refractivity contribution in [2.75, 3.05) is 30.8 Å². The lowest BCUT2D eigenvalue weighted by molar-refractivity contribution is -0.137. The van der Waals surface area contributed by atoms with Crippen LogP contribution in [0.2, 0.25) is 0 Å². The number of ether oxygens (including phenoxy) is 1. The molecule has 1 aliphatic rings. The van der Waals surface area contributed by atoms with Crippen LogP contribution in [0.1, 0.15) is 64.4 Å². The van der Waals surface area contributed by atoms with Crippen LogP contribution in [-0.2, 0) is 44.9 Å². The average molecular weight is 805 g/mol. The lowest BCUT2D eigenvalue weighted by Crippen LogP contribution is -2.45. The van der Waals surface area contributed by atoms with Crippen molar-refractivity contribution in [2.24, 2.45) is 0 Å². The summed E-state index contributed by atoms with van der Waals surface area (Å²) in [5.41, 5.74) is 1.14. The number of rotatable bonds is 15. The number of H-pyrrole nitrogens is 1. The summed E-state index contributed by atoms with van der Waals surface area (Å²) in [5, 5.41) is 26.0. The van der Waals surface area contributed by atoms with E-state index in [4.69, 9.17) is 10.00 Å². The van der Waals surface area contributed by atoms with Crippen LogP contribution in [0.5, 0.6) is 0 Å². The number of carbonyl (C=O) groups excluding carboxylic acids is 2. The monoisotopic (exact) mass is 804 g/mol. The first-order valence-electron chi connectivity index (χ1n) is 18.3. The van der Waals surface area contributed by atoms with Gasteiger partial charge in [0.2, 0.25) is 0 Å². The third-order valence-electron chi connectivity index (χ3n) is 9.79. The molecule has 0 saturated carbocycles. The molecular weight excluding hydrogens is 765 g/mol. The molecule has 0 spiro atoms. The van der Waals surface area contributed by atoms with Crippen molar-refractivity contribution >= 4 is 38.1 Å². The summed E-state index contributed by atoms with van der Waals surface area (Å²) in [6.45, 7) is 3.15. The predicted molar refractivity (Wildman–Crippen MR) is 206 cm³/mol. The fourth-order valence-electron chi connectivity index (χ4n) is 6.89. The number of ketones is 1. The Kier molecular flexibility index (Phi) is 12.3. The van der Waals surface area contributed by atoms with Crippen molar-refractivity contribution in [3.8, 4) is 17.3 Å². The summed E-state index contributed by atoms with van der Waals surface area (Å²) < 4.78 is 86.1. The zero-order valence-electron chi connectivity index (χ0n) is 30.9. The van der Waals surface area contributed by atoms with Crippen LogP contribution in [0.3, 0.4) is 0 Å².